The maximum Gasteiger partial charge on any atom is 0.401 e. The molecule has 1 unspecified atom stereocenters. The molecule has 22 heavy (non-hydrogen) atoms. The first-order valence-electron chi connectivity index (χ1n) is 7.24. The summed E-state index contributed by atoms with van der Waals surface area (Å²) >= 11 is 0. The second-order valence-electron chi connectivity index (χ2n) is 5.14. The van der Waals surface area contributed by atoms with Gasteiger partial charge in [-0.15, -0.1) is 24.0 Å². The third-order valence-electron chi connectivity index (χ3n) is 3.22. The normalized spacial score (nSPS) is 19.9. The molecular formula is C13H26F3IN4O. The fourth-order valence-corrected chi connectivity index (χ4v) is 2.29. The Morgan fingerprint density at radius 2 is 2.09 bits per heavy atom. The van der Waals surface area contributed by atoms with Gasteiger partial charge >= 0.3 is 6.18 Å². The van der Waals surface area contributed by atoms with Crippen LogP contribution in [0.1, 0.15) is 13.3 Å². The summed E-state index contributed by atoms with van der Waals surface area (Å²) in [5, 5.41) is 6.22. The Morgan fingerprint density at radius 3 is 2.68 bits per heavy atom. The molecule has 0 saturated carbocycles. The van der Waals surface area contributed by atoms with Crippen molar-refractivity contribution >= 4 is 29.9 Å². The van der Waals surface area contributed by atoms with Crippen LogP contribution in [0.5, 0.6) is 0 Å². The number of aliphatic imine (C=N–C) groups is 1. The molecule has 0 aromatic carbocycles. The molecular weight excluding hydrogens is 412 g/mol. The van der Waals surface area contributed by atoms with Crippen molar-refractivity contribution in [2.24, 2.45) is 10.9 Å². The number of hydrogen-bond donors (Lipinski definition) is 2. The van der Waals surface area contributed by atoms with E-state index in [0.29, 0.717) is 38.7 Å². The Kier molecular flexibility index (Phi) is 11.1. The molecule has 1 heterocycles. The van der Waals surface area contributed by atoms with Crippen LogP contribution in [-0.4, -0.2) is 70.0 Å². The number of methoxy groups -OCH3 is 1. The Labute approximate surface area is 147 Å². The molecule has 0 spiro atoms. The molecule has 132 valence electrons. The number of likely N-dealkylation sites (tertiary alicyclic amines) is 1. The molecule has 0 aromatic rings. The molecule has 1 atom stereocenters. The van der Waals surface area contributed by atoms with Gasteiger partial charge in [0.05, 0.1) is 13.2 Å². The number of nitrogens with zero attached hydrogens (tertiary/aromatic N) is 2. The number of hydrogen-bond acceptors (Lipinski definition) is 3. The van der Waals surface area contributed by atoms with E-state index in [2.05, 4.69) is 15.6 Å². The Bertz CT molecular complexity index is 329. The molecule has 9 heteroatoms. The summed E-state index contributed by atoms with van der Waals surface area (Å²) in [6.45, 7) is 4.60. The van der Waals surface area contributed by atoms with Crippen LogP contribution in [0.3, 0.4) is 0 Å². The van der Waals surface area contributed by atoms with Crippen LogP contribution in [0.4, 0.5) is 13.2 Å². The van der Waals surface area contributed by atoms with Crippen molar-refractivity contribution in [3.63, 3.8) is 0 Å². The summed E-state index contributed by atoms with van der Waals surface area (Å²) in [4.78, 5) is 5.88. The summed E-state index contributed by atoms with van der Waals surface area (Å²) < 4.78 is 41.9. The van der Waals surface area contributed by atoms with Gasteiger partial charge in [-0.05, 0) is 25.8 Å². The third-order valence-corrected chi connectivity index (χ3v) is 3.22. The molecule has 5 nitrogen and oxygen atoms in total. The third kappa shape index (κ3) is 9.67. The van der Waals surface area contributed by atoms with Gasteiger partial charge in [0.25, 0.3) is 0 Å². The highest BCUT2D eigenvalue weighted by molar-refractivity contribution is 14.0. The molecule has 1 fully saturated rings. The molecule has 0 amide bonds. The molecule has 1 rings (SSSR count). The zero-order chi connectivity index (χ0) is 15.7. The van der Waals surface area contributed by atoms with Crippen molar-refractivity contribution in [1.29, 1.82) is 0 Å². The molecule has 0 aliphatic carbocycles. The van der Waals surface area contributed by atoms with Crippen molar-refractivity contribution in [2.45, 2.75) is 19.5 Å². The predicted octanol–water partition coefficient (Wildman–Crippen LogP) is 1.69. The molecule has 1 aliphatic heterocycles. The maximum absolute atomic E-state index is 12.3. The standard InChI is InChI=1S/C13H25F3N4O.HI/c1-3-17-12(18-5-7-21-2)19-8-11-4-6-20(9-11)10-13(14,15)16;/h11H,3-10H2,1-2H3,(H2,17,18,19);1H. The van der Waals surface area contributed by atoms with Crippen LogP contribution < -0.4 is 10.6 Å². The second kappa shape index (κ2) is 11.3. The topological polar surface area (TPSA) is 48.9 Å². The SMILES string of the molecule is CCNC(=NCC1CCN(CC(F)(F)F)C1)NCCOC.I. The number of alkyl halides is 3. The molecule has 0 bridgehead atoms. The van der Waals surface area contributed by atoms with E-state index in [-0.39, 0.29) is 29.9 Å². The fourth-order valence-electron chi connectivity index (χ4n) is 2.29. The molecule has 0 radical (unpaired) electrons. The first-order chi connectivity index (χ1) is 9.94. The number of ether oxygens (including phenoxy) is 1. The number of guanidine groups is 1. The quantitative estimate of drug-likeness (QED) is 0.275. The zero-order valence-corrected chi connectivity index (χ0v) is 15.4. The van der Waals surface area contributed by atoms with E-state index in [9.17, 15) is 13.2 Å². The average Bonchev–Trinajstić information content (AvgIpc) is 2.81. The van der Waals surface area contributed by atoms with Gasteiger partial charge in [-0.25, -0.2) is 0 Å². The lowest BCUT2D eigenvalue weighted by Gasteiger charge is -2.17. The van der Waals surface area contributed by atoms with Gasteiger partial charge in [-0.1, -0.05) is 0 Å². The Morgan fingerprint density at radius 1 is 1.36 bits per heavy atom. The van der Waals surface area contributed by atoms with Gasteiger partial charge in [0.2, 0.25) is 0 Å². The lowest BCUT2D eigenvalue weighted by atomic mass is 10.1. The Balaban J connectivity index is 0.00000441. The summed E-state index contributed by atoms with van der Waals surface area (Å²) in [5.41, 5.74) is 0. The highest BCUT2D eigenvalue weighted by Gasteiger charge is 2.34. The summed E-state index contributed by atoms with van der Waals surface area (Å²) in [6.07, 6.45) is -3.36. The van der Waals surface area contributed by atoms with E-state index in [0.717, 1.165) is 13.0 Å². The maximum atomic E-state index is 12.3. The average molecular weight is 438 g/mol. The summed E-state index contributed by atoms with van der Waals surface area (Å²) in [7, 11) is 1.62. The van der Waals surface area contributed by atoms with E-state index < -0.39 is 12.7 Å². The van der Waals surface area contributed by atoms with Gasteiger partial charge in [-0.2, -0.15) is 13.2 Å². The van der Waals surface area contributed by atoms with Crippen molar-refractivity contribution in [1.82, 2.24) is 15.5 Å². The second-order valence-corrected chi connectivity index (χ2v) is 5.14. The highest BCUT2D eigenvalue weighted by atomic mass is 127. The van der Waals surface area contributed by atoms with Gasteiger partial charge in [0.1, 0.15) is 0 Å². The van der Waals surface area contributed by atoms with E-state index in [1.807, 2.05) is 6.92 Å². The van der Waals surface area contributed by atoms with Gasteiger partial charge in [-0.3, -0.25) is 9.89 Å². The smallest absolute Gasteiger partial charge is 0.383 e. The van der Waals surface area contributed by atoms with Gasteiger partial charge < -0.3 is 15.4 Å². The van der Waals surface area contributed by atoms with E-state index >= 15 is 0 Å². The molecule has 2 N–H and O–H groups in total. The number of nitrogens with one attached hydrogen (secondary N) is 2. The first-order valence-corrected chi connectivity index (χ1v) is 7.24. The van der Waals surface area contributed by atoms with Crippen molar-refractivity contribution in [3.8, 4) is 0 Å². The van der Waals surface area contributed by atoms with Crippen LogP contribution in [0.2, 0.25) is 0 Å². The molecule has 1 saturated heterocycles. The lowest BCUT2D eigenvalue weighted by Crippen LogP contribution is -2.39. The van der Waals surface area contributed by atoms with Gasteiger partial charge in [0, 0.05) is 33.3 Å². The predicted molar refractivity (Wildman–Crippen MR) is 91.9 cm³/mol. The fraction of sp³-hybridized carbons (Fsp3) is 0.923. The van der Waals surface area contributed by atoms with Crippen LogP contribution >= 0.6 is 24.0 Å². The lowest BCUT2D eigenvalue weighted by molar-refractivity contribution is -0.143. The van der Waals surface area contributed by atoms with Gasteiger partial charge in [0.15, 0.2) is 5.96 Å². The minimum absolute atomic E-state index is 0. The minimum Gasteiger partial charge on any atom is -0.383 e. The first kappa shape index (κ1) is 21.7. The largest absolute Gasteiger partial charge is 0.401 e. The van der Waals surface area contributed by atoms with E-state index in [4.69, 9.17) is 4.74 Å². The number of rotatable bonds is 7. The summed E-state index contributed by atoms with van der Waals surface area (Å²) in [6, 6.07) is 0. The van der Waals surface area contributed by atoms with Crippen LogP contribution in [-0.2, 0) is 4.74 Å². The van der Waals surface area contributed by atoms with Crippen LogP contribution in [0.15, 0.2) is 4.99 Å². The minimum atomic E-state index is -4.12. The van der Waals surface area contributed by atoms with Crippen molar-refractivity contribution in [2.75, 3.05) is 53.0 Å². The molecule has 0 aromatic heterocycles. The zero-order valence-electron chi connectivity index (χ0n) is 13.1. The van der Waals surface area contributed by atoms with Crippen LogP contribution in [0, 0.1) is 5.92 Å². The number of halogens is 4. The monoisotopic (exact) mass is 438 g/mol. The molecule has 1 aliphatic rings. The Hall–Kier alpha value is -0.290. The van der Waals surface area contributed by atoms with E-state index in [1.165, 1.54) is 4.90 Å². The van der Waals surface area contributed by atoms with Crippen molar-refractivity contribution in [3.05, 3.63) is 0 Å². The van der Waals surface area contributed by atoms with E-state index in [1.54, 1.807) is 7.11 Å². The van der Waals surface area contributed by atoms with Crippen LogP contribution in [0.25, 0.3) is 0 Å². The summed E-state index contributed by atoms with van der Waals surface area (Å²) in [5.74, 6) is 0.869. The highest BCUT2D eigenvalue weighted by Crippen LogP contribution is 2.22. The van der Waals surface area contributed by atoms with Crippen molar-refractivity contribution < 1.29 is 17.9 Å².